The van der Waals surface area contributed by atoms with Crippen LogP contribution in [0, 0.1) is 11.6 Å². The van der Waals surface area contributed by atoms with Crippen molar-refractivity contribution < 1.29 is 8.78 Å². The van der Waals surface area contributed by atoms with Gasteiger partial charge in [0.2, 0.25) is 0 Å². The number of rotatable bonds is 6. The van der Waals surface area contributed by atoms with Gasteiger partial charge in [-0.2, -0.15) is 0 Å². The van der Waals surface area contributed by atoms with Crippen molar-refractivity contribution in [2.24, 2.45) is 0 Å². The first-order valence-corrected chi connectivity index (χ1v) is 7.22. The first kappa shape index (κ1) is 15.6. The molecule has 0 fully saturated rings. The fourth-order valence-electron chi connectivity index (χ4n) is 2.50. The molecule has 4 heteroatoms. The summed E-state index contributed by atoms with van der Waals surface area (Å²) in [5.41, 5.74) is 1.11. The van der Waals surface area contributed by atoms with Gasteiger partial charge in [-0.05, 0) is 42.8 Å². The Labute approximate surface area is 124 Å². The van der Waals surface area contributed by atoms with Gasteiger partial charge in [0.05, 0.1) is 0 Å². The second kappa shape index (κ2) is 7.27. The maximum absolute atomic E-state index is 14.1. The maximum Gasteiger partial charge on any atom is 0.130 e. The SMILES string of the molecule is CCCNC(c1c(F)cccc1F)C(C)c1ccncc1. The first-order valence-electron chi connectivity index (χ1n) is 7.22. The van der Waals surface area contributed by atoms with Crippen molar-refractivity contribution in [2.45, 2.75) is 32.2 Å². The third-order valence-corrected chi connectivity index (χ3v) is 3.66. The minimum absolute atomic E-state index is 0.0639. The zero-order valence-electron chi connectivity index (χ0n) is 12.3. The van der Waals surface area contributed by atoms with Gasteiger partial charge in [0, 0.05) is 29.9 Å². The van der Waals surface area contributed by atoms with Gasteiger partial charge in [-0.1, -0.05) is 19.9 Å². The predicted molar refractivity (Wildman–Crippen MR) is 80.0 cm³/mol. The first-order chi connectivity index (χ1) is 10.1. The third kappa shape index (κ3) is 3.64. The highest BCUT2D eigenvalue weighted by Crippen LogP contribution is 2.33. The molecule has 2 atom stereocenters. The highest BCUT2D eigenvalue weighted by molar-refractivity contribution is 5.29. The van der Waals surface area contributed by atoms with E-state index in [9.17, 15) is 8.78 Å². The minimum atomic E-state index is -0.510. The van der Waals surface area contributed by atoms with Gasteiger partial charge in [-0.15, -0.1) is 0 Å². The summed E-state index contributed by atoms with van der Waals surface area (Å²) in [5, 5.41) is 3.27. The minimum Gasteiger partial charge on any atom is -0.309 e. The second-order valence-electron chi connectivity index (χ2n) is 5.14. The van der Waals surface area contributed by atoms with Crippen LogP contribution in [-0.2, 0) is 0 Å². The molecule has 0 aliphatic rings. The normalized spacial score (nSPS) is 13.9. The summed E-state index contributed by atoms with van der Waals surface area (Å²) in [6, 6.07) is 7.35. The molecule has 2 unspecified atom stereocenters. The number of benzene rings is 1. The molecule has 0 radical (unpaired) electrons. The molecule has 0 amide bonds. The molecular weight excluding hydrogens is 270 g/mol. The molecule has 2 nitrogen and oxygen atoms in total. The summed E-state index contributed by atoms with van der Waals surface area (Å²) in [6.45, 7) is 4.70. The molecule has 0 aliphatic heterocycles. The van der Waals surface area contributed by atoms with Gasteiger partial charge in [0.1, 0.15) is 11.6 Å². The van der Waals surface area contributed by atoms with Crippen molar-refractivity contribution in [3.05, 3.63) is 65.5 Å². The Morgan fingerprint density at radius 1 is 1.10 bits per heavy atom. The fourth-order valence-corrected chi connectivity index (χ4v) is 2.50. The molecule has 112 valence electrons. The lowest BCUT2D eigenvalue weighted by Crippen LogP contribution is -2.28. The Morgan fingerprint density at radius 3 is 2.29 bits per heavy atom. The van der Waals surface area contributed by atoms with Crippen LogP contribution in [0.4, 0.5) is 8.78 Å². The van der Waals surface area contributed by atoms with E-state index in [2.05, 4.69) is 10.3 Å². The Balaban J connectivity index is 2.39. The number of pyridine rings is 1. The Morgan fingerprint density at radius 2 is 1.71 bits per heavy atom. The van der Waals surface area contributed by atoms with Crippen LogP contribution >= 0.6 is 0 Å². The molecule has 21 heavy (non-hydrogen) atoms. The van der Waals surface area contributed by atoms with Gasteiger partial charge >= 0.3 is 0 Å². The summed E-state index contributed by atoms with van der Waals surface area (Å²) in [6.07, 6.45) is 4.29. The highest BCUT2D eigenvalue weighted by Gasteiger charge is 2.26. The highest BCUT2D eigenvalue weighted by atomic mass is 19.1. The van der Waals surface area contributed by atoms with Crippen molar-refractivity contribution in [3.8, 4) is 0 Å². The quantitative estimate of drug-likeness (QED) is 0.862. The maximum atomic E-state index is 14.1. The van der Waals surface area contributed by atoms with Gasteiger partial charge in [0.15, 0.2) is 0 Å². The van der Waals surface area contributed by atoms with E-state index in [4.69, 9.17) is 0 Å². The van der Waals surface area contributed by atoms with Crippen LogP contribution < -0.4 is 5.32 Å². The van der Waals surface area contributed by atoms with Gasteiger partial charge in [-0.3, -0.25) is 4.98 Å². The molecule has 0 bridgehead atoms. The summed E-state index contributed by atoms with van der Waals surface area (Å²) in [5.74, 6) is -1.08. The van der Waals surface area contributed by atoms with Crippen molar-refractivity contribution in [1.29, 1.82) is 0 Å². The largest absolute Gasteiger partial charge is 0.309 e. The van der Waals surface area contributed by atoms with Crippen molar-refractivity contribution in [3.63, 3.8) is 0 Å². The van der Waals surface area contributed by atoms with Crippen molar-refractivity contribution in [1.82, 2.24) is 10.3 Å². The number of nitrogens with one attached hydrogen (secondary N) is 1. The van der Waals surface area contributed by atoms with Crippen molar-refractivity contribution in [2.75, 3.05) is 6.54 Å². The van der Waals surface area contributed by atoms with Crippen LogP contribution in [0.5, 0.6) is 0 Å². The van der Waals surface area contributed by atoms with Crippen LogP contribution in [0.25, 0.3) is 0 Å². The summed E-state index contributed by atoms with van der Waals surface area (Å²) < 4.78 is 28.2. The zero-order chi connectivity index (χ0) is 15.2. The number of hydrogen-bond acceptors (Lipinski definition) is 2. The van der Waals surface area contributed by atoms with E-state index in [-0.39, 0.29) is 11.5 Å². The van der Waals surface area contributed by atoms with Crippen LogP contribution in [0.3, 0.4) is 0 Å². The molecule has 0 aliphatic carbocycles. The number of aromatic nitrogens is 1. The van der Waals surface area contributed by atoms with Gasteiger partial charge in [-0.25, -0.2) is 8.78 Å². The van der Waals surface area contributed by atoms with E-state index >= 15 is 0 Å². The van der Waals surface area contributed by atoms with Crippen LogP contribution in [0.1, 0.15) is 43.4 Å². The van der Waals surface area contributed by atoms with Gasteiger partial charge in [0.25, 0.3) is 0 Å². The zero-order valence-corrected chi connectivity index (χ0v) is 12.3. The predicted octanol–water partition coefficient (Wildman–Crippen LogP) is 4.20. The summed E-state index contributed by atoms with van der Waals surface area (Å²) in [7, 11) is 0. The third-order valence-electron chi connectivity index (χ3n) is 3.66. The topological polar surface area (TPSA) is 24.9 Å². The van der Waals surface area contributed by atoms with E-state index < -0.39 is 17.7 Å². The molecule has 1 heterocycles. The fraction of sp³-hybridized carbons (Fsp3) is 0.353. The summed E-state index contributed by atoms with van der Waals surface area (Å²) in [4.78, 5) is 3.99. The monoisotopic (exact) mass is 290 g/mol. The molecule has 1 aromatic carbocycles. The molecule has 2 aromatic rings. The van der Waals surface area contributed by atoms with E-state index in [0.29, 0.717) is 6.54 Å². The Kier molecular flexibility index (Phi) is 5.39. The van der Waals surface area contributed by atoms with E-state index in [0.717, 1.165) is 12.0 Å². The number of nitrogens with zero attached hydrogens (tertiary/aromatic N) is 1. The lowest BCUT2D eigenvalue weighted by molar-refractivity contribution is 0.422. The lowest BCUT2D eigenvalue weighted by Gasteiger charge is -2.26. The van der Waals surface area contributed by atoms with E-state index in [1.54, 1.807) is 12.4 Å². The number of halogens is 2. The van der Waals surface area contributed by atoms with Crippen molar-refractivity contribution >= 4 is 0 Å². The Bertz CT molecular complexity index is 552. The van der Waals surface area contributed by atoms with Crippen LogP contribution in [-0.4, -0.2) is 11.5 Å². The molecule has 1 aromatic heterocycles. The smallest absolute Gasteiger partial charge is 0.130 e. The number of hydrogen-bond donors (Lipinski definition) is 1. The second-order valence-corrected chi connectivity index (χ2v) is 5.14. The molecule has 2 rings (SSSR count). The molecule has 0 saturated heterocycles. The standard InChI is InChI=1S/C17H20F2N2/c1-3-9-21-17(12(2)13-7-10-20-11-8-13)16-14(18)5-4-6-15(16)19/h4-8,10-12,17,21H,3,9H2,1-2H3. The lowest BCUT2D eigenvalue weighted by atomic mass is 9.88. The average Bonchev–Trinajstić information content (AvgIpc) is 2.50. The van der Waals surface area contributed by atoms with E-state index in [1.165, 1.54) is 18.2 Å². The van der Waals surface area contributed by atoms with Gasteiger partial charge < -0.3 is 5.32 Å². The Hall–Kier alpha value is -1.81. The van der Waals surface area contributed by atoms with Crippen LogP contribution in [0.2, 0.25) is 0 Å². The summed E-state index contributed by atoms with van der Waals surface area (Å²) >= 11 is 0. The van der Waals surface area contributed by atoms with E-state index in [1.807, 2.05) is 26.0 Å². The van der Waals surface area contributed by atoms with Crippen LogP contribution in [0.15, 0.2) is 42.7 Å². The molecule has 0 saturated carbocycles. The molecular formula is C17H20F2N2. The average molecular weight is 290 g/mol. The molecule has 0 spiro atoms. The molecule has 1 N–H and O–H groups in total.